The van der Waals surface area contributed by atoms with E-state index in [9.17, 15) is 14.0 Å². The van der Waals surface area contributed by atoms with Gasteiger partial charge in [-0.25, -0.2) is 9.18 Å². The number of hydrogen-bond donors (Lipinski definition) is 2. The zero-order chi connectivity index (χ0) is 15.8. The topological polar surface area (TPSA) is 75.6 Å². The number of carboxylic acid groups (broad SMARTS) is 1. The summed E-state index contributed by atoms with van der Waals surface area (Å²) in [5, 5.41) is 11.4. The molecule has 0 heterocycles. The maximum absolute atomic E-state index is 13.4. The van der Waals surface area contributed by atoms with Crippen molar-refractivity contribution in [3.63, 3.8) is 0 Å². The lowest BCUT2D eigenvalue weighted by molar-refractivity contribution is -0.140. The lowest BCUT2D eigenvalue weighted by Crippen LogP contribution is -2.44. The lowest BCUT2D eigenvalue weighted by atomic mass is 10.2. The fraction of sp³-hybridized carbons (Fsp3) is 0.286. The number of carboxylic acids is 1. The molecule has 0 saturated carbocycles. The summed E-state index contributed by atoms with van der Waals surface area (Å²) in [6, 6.07) is 2.66. The fourth-order valence-corrected chi connectivity index (χ4v) is 1.99. The third-order valence-corrected chi connectivity index (χ3v) is 3.29. The minimum atomic E-state index is -1.21. The summed E-state index contributed by atoms with van der Waals surface area (Å²) in [6.07, 6.45) is 3.16. The summed E-state index contributed by atoms with van der Waals surface area (Å²) in [7, 11) is 0. The molecule has 2 N–H and O–H groups in total. The number of hydrogen-bond acceptors (Lipinski definition) is 4. The van der Waals surface area contributed by atoms with E-state index in [1.165, 1.54) is 24.3 Å². The minimum absolute atomic E-state index is 0.177. The molecular weight excluding hydrogens is 297 g/mol. The van der Waals surface area contributed by atoms with Crippen LogP contribution in [0.2, 0.25) is 0 Å². The normalized spacial score (nSPS) is 11.7. The highest BCUT2D eigenvalue weighted by Gasteiger charge is 2.21. The van der Waals surface area contributed by atoms with Gasteiger partial charge in [0.1, 0.15) is 5.82 Å². The Balaban J connectivity index is 2.77. The summed E-state index contributed by atoms with van der Waals surface area (Å²) >= 11 is 1.16. The standard InChI is InChI=1S/C14H16FNO4S/c1-3-6-20-8-11(14(18)19)16-13(17)9-4-5-10(15)12(7-9)21-2/h3-5,7,11H,1,6,8H2,2H3,(H,16,17)(H,18,19). The smallest absolute Gasteiger partial charge is 0.328 e. The second kappa shape index (κ2) is 8.43. The van der Waals surface area contributed by atoms with Crippen LogP contribution in [0.4, 0.5) is 4.39 Å². The Morgan fingerprint density at radius 2 is 2.29 bits per heavy atom. The van der Waals surface area contributed by atoms with E-state index < -0.39 is 23.7 Å². The van der Waals surface area contributed by atoms with Crippen LogP contribution in [0.25, 0.3) is 0 Å². The van der Waals surface area contributed by atoms with Gasteiger partial charge in [-0.2, -0.15) is 0 Å². The maximum Gasteiger partial charge on any atom is 0.328 e. The number of halogens is 1. The van der Waals surface area contributed by atoms with Gasteiger partial charge in [0, 0.05) is 10.5 Å². The van der Waals surface area contributed by atoms with Crippen molar-refractivity contribution >= 4 is 23.6 Å². The van der Waals surface area contributed by atoms with Gasteiger partial charge in [-0.3, -0.25) is 4.79 Å². The molecule has 0 radical (unpaired) electrons. The number of nitrogens with one attached hydrogen (secondary N) is 1. The molecule has 0 fully saturated rings. The first-order chi connectivity index (χ1) is 9.99. The number of benzene rings is 1. The molecule has 1 rings (SSSR count). The average molecular weight is 313 g/mol. The first kappa shape index (κ1) is 17.2. The van der Waals surface area contributed by atoms with Crippen LogP contribution in [0.1, 0.15) is 10.4 Å². The highest BCUT2D eigenvalue weighted by molar-refractivity contribution is 7.98. The first-order valence-corrected chi connectivity index (χ1v) is 7.28. The van der Waals surface area contributed by atoms with Crippen LogP contribution in [-0.2, 0) is 9.53 Å². The number of rotatable bonds is 8. The van der Waals surface area contributed by atoms with Crippen LogP contribution in [0.5, 0.6) is 0 Å². The van der Waals surface area contributed by atoms with Gasteiger partial charge in [-0.05, 0) is 24.5 Å². The molecule has 5 nitrogen and oxygen atoms in total. The Labute approximate surface area is 126 Å². The van der Waals surface area contributed by atoms with E-state index in [-0.39, 0.29) is 18.8 Å². The van der Waals surface area contributed by atoms with Gasteiger partial charge in [0.25, 0.3) is 5.91 Å². The summed E-state index contributed by atoms with van der Waals surface area (Å²) in [5.41, 5.74) is 0.190. The van der Waals surface area contributed by atoms with Crippen molar-refractivity contribution < 1.29 is 23.8 Å². The number of carbonyl (C=O) groups is 2. The second-order valence-electron chi connectivity index (χ2n) is 4.04. The lowest BCUT2D eigenvalue weighted by Gasteiger charge is -2.14. The highest BCUT2D eigenvalue weighted by Crippen LogP contribution is 2.20. The SMILES string of the molecule is C=CCOCC(NC(=O)c1ccc(F)c(SC)c1)C(=O)O. The molecule has 1 aromatic carbocycles. The van der Waals surface area contributed by atoms with E-state index >= 15 is 0 Å². The first-order valence-electron chi connectivity index (χ1n) is 6.05. The van der Waals surface area contributed by atoms with Crippen LogP contribution in [0, 0.1) is 5.82 Å². The maximum atomic E-state index is 13.4. The van der Waals surface area contributed by atoms with E-state index in [0.29, 0.717) is 4.90 Å². The van der Waals surface area contributed by atoms with Gasteiger partial charge in [0.05, 0.1) is 13.2 Å². The molecule has 0 aromatic heterocycles. The van der Waals surface area contributed by atoms with Crippen molar-refractivity contribution in [2.24, 2.45) is 0 Å². The van der Waals surface area contributed by atoms with E-state index in [1.54, 1.807) is 6.26 Å². The van der Waals surface area contributed by atoms with E-state index in [2.05, 4.69) is 11.9 Å². The molecule has 1 aromatic rings. The van der Waals surface area contributed by atoms with Gasteiger partial charge >= 0.3 is 5.97 Å². The van der Waals surface area contributed by atoms with E-state index in [0.717, 1.165) is 11.8 Å². The van der Waals surface area contributed by atoms with Gasteiger partial charge in [-0.1, -0.05) is 6.08 Å². The molecule has 114 valence electrons. The fourth-order valence-electron chi connectivity index (χ4n) is 1.49. The third-order valence-electron chi connectivity index (χ3n) is 2.54. The highest BCUT2D eigenvalue weighted by atomic mass is 32.2. The van der Waals surface area contributed by atoms with Gasteiger partial charge in [-0.15, -0.1) is 18.3 Å². The third kappa shape index (κ3) is 5.20. The van der Waals surface area contributed by atoms with Crippen LogP contribution < -0.4 is 5.32 Å². The molecule has 1 atom stereocenters. The van der Waals surface area contributed by atoms with Crippen molar-refractivity contribution in [2.45, 2.75) is 10.9 Å². The summed E-state index contributed by atoms with van der Waals surface area (Å²) < 4.78 is 18.4. The molecule has 1 unspecified atom stereocenters. The molecule has 0 spiro atoms. The number of ether oxygens (including phenoxy) is 1. The van der Waals surface area contributed by atoms with E-state index in [1.807, 2.05) is 0 Å². The molecule has 1 amide bonds. The molecule has 7 heteroatoms. The predicted molar refractivity (Wildman–Crippen MR) is 78.1 cm³/mol. The largest absolute Gasteiger partial charge is 0.480 e. The van der Waals surface area contributed by atoms with Crippen molar-refractivity contribution in [1.82, 2.24) is 5.32 Å². The number of carbonyl (C=O) groups excluding carboxylic acids is 1. The number of amides is 1. The summed E-state index contributed by atoms with van der Waals surface area (Å²) in [6.45, 7) is 3.45. The number of thioether (sulfide) groups is 1. The molecule has 0 aliphatic carbocycles. The Morgan fingerprint density at radius 3 is 2.86 bits per heavy atom. The van der Waals surface area contributed by atoms with Crippen molar-refractivity contribution in [1.29, 1.82) is 0 Å². The summed E-state index contributed by atoms with van der Waals surface area (Å²) in [5.74, 6) is -2.23. The average Bonchev–Trinajstić information content (AvgIpc) is 2.46. The molecule has 0 aliphatic rings. The monoisotopic (exact) mass is 313 g/mol. The Bertz CT molecular complexity index is 536. The zero-order valence-corrected chi connectivity index (χ0v) is 12.3. The van der Waals surface area contributed by atoms with Gasteiger partial charge < -0.3 is 15.2 Å². The molecule has 0 bridgehead atoms. The molecule has 21 heavy (non-hydrogen) atoms. The molecule has 0 saturated heterocycles. The zero-order valence-electron chi connectivity index (χ0n) is 11.5. The molecular formula is C14H16FNO4S. The summed E-state index contributed by atoms with van der Waals surface area (Å²) in [4.78, 5) is 23.4. The van der Waals surface area contributed by atoms with Crippen molar-refractivity contribution in [2.75, 3.05) is 19.5 Å². The van der Waals surface area contributed by atoms with Crippen molar-refractivity contribution in [3.05, 3.63) is 42.2 Å². The van der Waals surface area contributed by atoms with Crippen LogP contribution >= 0.6 is 11.8 Å². The quantitative estimate of drug-likeness (QED) is 0.436. The van der Waals surface area contributed by atoms with Gasteiger partial charge in [0.15, 0.2) is 6.04 Å². The molecule has 0 aliphatic heterocycles. The van der Waals surface area contributed by atoms with Gasteiger partial charge in [0.2, 0.25) is 0 Å². The van der Waals surface area contributed by atoms with Crippen molar-refractivity contribution in [3.8, 4) is 0 Å². The van der Waals surface area contributed by atoms with Crippen LogP contribution in [0.3, 0.4) is 0 Å². The number of aliphatic carboxylic acids is 1. The minimum Gasteiger partial charge on any atom is -0.480 e. The Hall–Kier alpha value is -1.86. The van der Waals surface area contributed by atoms with E-state index in [4.69, 9.17) is 9.84 Å². The van der Waals surface area contributed by atoms with Crippen LogP contribution in [-0.4, -0.2) is 42.5 Å². The van der Waals surface area contributed by atoms with Crippen LogP contribution in [0.15, 0.2) is 35.7 Å². The Kier molecular flexibility index (Phi) is 6.90. The Morgan fingerprint density at radius 1 is 1.57 bits per heavy atom. The second-order valence-corrected chi connectivity index (χ2v) is 4.89. The predicted octanol–water partition coefficient (Wildman–Crippen LogP) is 1.93.